The number of nitrogens with one attached hydrogen (secondary N) is 1. The van der Waals surface area contributed by atoms with Gasteiger partial charge in [0.25, 0.3) is 5.69 Å². The van der Waals surface area contributed by atoms with E-state index in [4.69, 9.17) is 9.47 Å². The number of anilines is 1. The van der Waals surface area contributed by atoms with E-state index >= 15 is 0 Å². The maximum absolute atomic E-state index is 13.2. The van der Waals surface area contributed by atoms with Gasteiger partial charge >= 0.3 is 11.9 Å². The Morgan fingerprint density at radius 3 is 2.26 bits per heavy atom. The average molecular weight is 484 g/mol. The summed E-state index contributed by atoms with van der Waals surface area (Å²) in [6.07, 6.45) is -0.0940. The molecule has 35 heavy (non-hydrogen) atoms. The van der Waals surface area contributed by atoms with Gasteiger partial charge in [-0.25, -0.2) is 0 Å². The minimum Gasteiger partial charge on any atom is -0.466 e. The molecule has 0 aromatic heterocycles. The maximum Gasteiger partial charge on any atom is 0.315 e. The third-order valence-corrected chi connectivity index (χ3v) is 5.96. The summed E-state index contributed by atoms with van der Waals surface area (Å²) < 4.78 is 10.6. The molecule has 2 aromatic rings. The van der Waals surface area contributed by atoms with Crippen molar-refractivity contribution in [2.24, 2.45) is 16.9 Å². The van der Waals surface area contributed by atoms with Crippen LogP contribution in [0.5, 0.6) is 0 Å². The smallest absolute Gasteiger partial charge is 0.315 e. The monoisotopic (exact) mass is 483 g/mol. The second-order valence-corrected chi connectivity index (χ2v) is 8.45. The van der Waals surface area contributed by atoms with Gasteiger partial charge < -0.3 is 14.6 Å². The lowest BCUT2D eigenvalue weighted by atomic mass is 9.61. The van der Waals surface area contributed by atoms with E-state index in [1.807, 2.05) is 6.07 Å². The topological polar surface area (TPSA) is 140 Å². The number of rotatable bonds is 8. The first-order valence-corrected chi connectivity index (χ1v) is 11.4. The molecule has 0 saturated heterocycles. The van der Waals surface area contributed by atoms with E-state index in [-0.39, 0.29) is 25.3 Å². The molecule has 1 aliphatic carbocycles. The van der Waals surface area contributed by atoms with E-state index in [1.54, 1.807) is 38.1 Å². The van der Waals surface area contributed by atoms with E-state index < -0.39 is 40.2 Å². The quantitative estimate of drug-likeness (QED) is 0.329. The summed E-state index contributed by atoms with van der Waals surface area (Å²) in [4.78, 5) is 36.7. The SMILES string of the molecule is CCOC(=O)[C@@H]1/C(=N\Nc2ccc([N+](=O)[O-])cc2)C[C@](C)(O)[C@H](C(=O)OCC)[C@H]1c1ccccc1. The number of benzene rings is 2. The van der Waals surface area contributed by atoms with E-state index in [1.165, 1.54) is 31.2 Å². The molecule has 0 unspecified atom stereocenters. The van der Waals surface area contributed by atoms with Gasteiger partial charge in [0.05, 0.1) is 41.1 Å². The molecule has 1 aliphatic rings. The number of ether oxygens (including phenoxy) is 2. The number of hydrogen-bond acceptors (Lipinski definition) is 9. The molecule has 2 aromatic carbocycles. The van der Waals surface area contributed by atoms with Crippen LogP contribution < -0.4 is 5.43 Å². The fourth-order valence-corrected chi connectivity index (χ4v) is 4.48. The van der Waals surface area contributed by atoms with Crippen LogP contribution in [0.25, 0.3) is 0 Å². The Morgan fingerprint density at radius 2 is 1.69 bits per heavy atom. The summed E-state index contributed by atoms with van der Waals surface area (Å²) >= 11 is 0. The number of nitro benzene ring substituents is 1. The number of aliphatic hydroxyl groups is 1. The molecule has 0 aliphatic heterocycles. The fourth-order valence-electron chi connectivity index (χ4n) is 4.48. The van der Waals surface area contributed by atoms with Crippen LogP contribution in [0.15, 0.2) is 59.7 Å². The van der Waals surface area contributed by atoms with Crippen molar-refractivity contribution < 1.29 is 29.1 Å². The highest BCUT2D eigenvalue weighted by Gasteiger charge is 2.56. The molecule has 10 nitrogen and oxygen atoms in total. The molecule has 0 bridgehead atoms. The summed E-state index contributed by atoms with van der Waals surface area (Å²) in [6.45, 7) is 5.13. The highest BCUT2D eigenvalue weighted by molar-refractivity contribution is 6.06. The van der Waals surface area contributed by atoms with Gasteiger partial charge in [0.1, 0.15) is 5.92 Å². The van der Waals surface area contributed by atoms with Gasteiger partial charge in [0.15, 0.2) is 0 Å². The van der Waals surface area contributed by atoms with Gasteiger partial charge in [-0.3, -0.25) is 25.1 Å². The second-order valence-electron chi connectivity index (χ2n) is 8.45. The lowest BCUT2D eigenvalue weighted by Crippen LogP contribution is -2.55. The van der Waals surface area contributed by atoms with Crippen molar-refractivity contribution in [3.63, 3.8) is 0 Å². The fraction of sp³-hybridized carbons (Fsp3) is 0.400. The zero-order valence-electron chi connectivity index (χ0n) is 19.8. The molecule has 0 spiro atoms. The zero-order valence-corrected chi connectivity index (χ0v) is 19.8. The number of non-ortho nitro benzene ring substituents is 1. The number of nitro groups is 1. The Morgan fingerprint density at radius 1 is 1.09 bits per heavy atom. The van der Waals surface area contributed by atoms with Crippen LogP contribution >= 0.6 is 0 Å². The minimum atomic E-state index is -1.58. The first kappa shape index (κ1) is 25.8. The van der Waals surface area contributed by atoms with Crippen molar-refractivity contribution in [1.29, 1.82) is 0 Å². The lowest BCUT2D eigenvalue weighted by molar-refractivity contribution is -0.384. The normalized spacial score (nSPS) is 25.0. The van der Waals surface area contributed by atoms with E-state index in [2.05, 4.69) is 10.5 Å². The molecular weight excluding hydrogens is 454 g/mol. The second kappa shape index (κ2) is 11.1. The lowest BCUT2D eigenvalue weighted by Gasteiger charge is -2.45. The standard InChI is InChI=1S/C25H29N3O7/c1-4-34-23(29)21-19(27-26-17-11-13-18(14-12-17)28(32)33)15-25(3,31)22(24(30)35-5-2)20(21)16-9-7-6-8-10-16/h6-14,20-22,26,31H,4-5,15H2,1-3H3/b27-19-/t20-,21+,22-,25-/m0/s1. The van der Waals surface area contributed by atoms with Crippen molar-refractivity contribution in [1.82, 2.24) is 0 Å². The molecule has 10 heteroatoms. The van der Waals surface area contributed by atoms with E-state index in [9.17, 15) is 24.8 Å². The van der Waals surface area contributed by atoms with Crippen LogP contribution in [0, 0.1) is 22.0 Å². The van der Waals surface area contributed by atoms with E-state index in [0.29, 0.717) is 17.0 Å². The van der Waals surface area contributed by atoms with Gasteiger partial charge in [-0.05, 0) is 38.5 Å². The molecule has 2 N–H and O–H groups in total. The number of carbonyl (C=O) groups is 2. The molecule has 1 fully saturated rings. The summed E-state index contributed by atoms with van der Waals surface area (Å²) in [6, 6.07) is 14.6. The average Bonchev–Trinajstić information content (AvgIpc) is 2.82. The Kier molecular flexibility index (Phi) is 8.18. The Bertz CT molecular complexity index is 1080. The molecule has 4 atom stereocenters. The predicted molar refractivity (Wildman–Crippen MR) is 129 cm³/mol. The van der Waals surface area contributed by atoms with Crippen LogP contribution in [0.2, 0.25) is 0 Å². The summed E-state index contributed by atoms with van der Waals surface area (Å²) in [5.74, 6) is -4.00. The zero-order chi connectivity index (χ0) is 25.6. The maximum atomic E-state index is 13.2. The number of hydrogen-bond donors (Lipinski definition) is 2. The molecule has 0 heterocycles. The van der Waals surface area contributed by atoms with Crippen molar-refractivity contribution in [2.75, 3.05) is 18.6 Å². The Labute approximate surface area is 203 Å². The van der Waals surface area contributed by atoms with Crippen LogP contribution in [0.4, 0.5) is 11.4 Å². The molecule has 0 radical (unpaired) electrons. The summed E-state index contributed by atoms with van der Waals surface area (Å²) in [7, 11) is 0. The highest BCUT2D eigenvalue weighted by atomic mass is 16.6. The molecule has 0 amide bonds. The number of hydrazone groups is 1. The third-order valence-electron chi connectivity index (χ3n) is 5.96. The third kappa shape index (κ3) is 5.83. The number of esters is 2. The Balaban J connectivity index is 2.09. The van der Waals surface area contributed by atoms with Gasteiger partial charge in [-0.2, -0.15) is 5.10 Å². The van der Waals surface area contributed by atoms with Crippen LogP contribution in [0.3, 0.4) is 0 Å². The molecule has 1 saturated carbocycles. The first-order chi connectivity index (χ1) is 16.7. The molecule has 3 rings (SSSR count). The highest BCUT2D eigenvalue weighted by Crippen LogP contribution is 2.47. The van der Waals surface area contributed by atoms with Crippen molar-refractivity contribution in [3.05, 3.63) is 70.3 Å². The van der Waals surface area contributed by atoms with Crippen molar-refractivity contribution in [3.8, 4) is 0 Å². The van der Waals surface area contributed by atoms with Crippen molar-refractivity contribution >= 4 is 29.0 Å². The minimum absolute atomic E-state index is 0.0744. The van der Waals surface area contributed by atoms with Crippen molar-refractivity contribution in [2.45, 2.75) is 38.7 Å². The molecule has 186 valence electrons. The van der Waals surface area contributed by atoms with Gasteiger partial charge in [0, 0.05) is 24.5 Å². The first-order valence-electron chi connectivity index (χ1n) is 11.4. The van der Waals surface area contributed by atoms with Crippen LogP contribution in [-0.2, 0) is 19.1 Å². The largest absolute Gasteiger partial charge is 0.466 e. The number of carbonyl (C=O) groups excluding carboxylic acids is 2. The van der Waals surface area contributed by atoms with Crippen LogP contribution in [-0.4, -0.2) is 46.5 Å². The van der Waals surface area contributed by atoms with E-state index in [0.717, 1.165) is 0 Å². The Hall–Kier alpha value is -3.79. The van der Waals surface area contributed by atoms with Gasteiger partial charge in [0.2, 0.25) is 0 Å². The number of nitrogens with zero attached hydrogens (tertiary/aromatic N) is 2. The van der Waals surface area contributed by atoms with Gasteiger partial charge in [-0.15, -0.1) is 0 Å². The van der Waals surface area contributed by atoms with Gasteiger partial charge in [-0.1, -0.05) is 30.3 Å². The predicted octanol–water partition coefficient (Wildman–Crippen LogP) is 3.66. The van der Waals surface area contributed by atoms with Crippen LogP contribution in [0.1, 0.15) is 38.7 Å². The molecular formula is C25H29N3O7. The summed E-state index contributed by atoms with van der Waals surface area (Å²) in [5.41, 5.74) is 2.57. The summed E-state index contributed by atoms with van der Waals surface area (Å²) in [5, 5.41) is 26.7.